The first-order valence-corrected chi connectivity index (χ1v) is 9.56. The Morgan fingerprint density at radius 2 is 1.96 bits per heavy atom. The van der Waals surface area contributed by atoms with Crippen molar-refractivity contribution in [2.24, 2.45) is 0 Å². The van der Waals surface area contributed by atoms with Crippen molar-refractivity contribution < 1.29 is 9.18 Å². The van der Waals surface area contributed by atoms with Gasteiger partial charge >= 0.3 is 0 Å². The van der Waals surface area contributed by atoms with Crippen LogP contribution in [0, 0.1) is 5.82 Å². The lowest BCUT2D eigenvalue weighted by molar-refractivity contribution is -0.119. The number of amides is 1. The number of nitrogens with zero attached hydrogens (tertiary/aromatic N) is 2. The van der Waals surface area contributed by atoms with Gasteiger partial charge in [-0.05, 0) is 44.5 Å². The Morgan fingerprint density at radius 3 is 2.64 bits per heavy atom. The summed E-state index contributed by atoms with van der Waals surface area (Å²) in [6, 6.07) is 8.35. The summed E-state index contributed by atoms with van der Waals surface area (Å²) in [4.78, 5) is 21.6. The molecule has 0 saturated heterocycles. The maximum Gasteiger partial charge on any atom is 0.230 e. The molecule has 4 nitrogen and oxygen atoms in total. The van der Waals surface area contributed by atoms with Crippen LogP contribution in [0.15, 0.2) is 41.7 Å². The molecule has 0 saturated carbocycles. The molecule has 2 heterocycles. The van der Waals surface area contributed by atoms with Gasteiger partial charge in [-0.15, -0.1) is 11.3 Å². The predicted octanol–water partition coefficient (Wildman–Crippen LogP) is 4.50. The van der Waals surface area contributed by atoms with Crippen LogP contribution in [0.25, 0.3) is 20.7 Å². The minimum Gasteiger partial charge on any atom is -0.351 e. The average Bonchev–Trinajstić information content (AvgIpc) is 2.96. The summed E-state index contributed by atoms with van der Waals surface area (Å²) < 4.78 is 14.0. The molecule has 3 rings (SSSR count). The number of thioether (sulfide) groups is 1. The fourth-order valence-electron chi connectivity index (χ4n) is 2.28. The van der Waals surface area contributed by atoms with E-state index in [-0.39, 0.29) is 17.3 Å². The Hall–Kier alpha value is -1.99. The molecule has 0 aliphatic heterocycles. The van der Waals surface area contributed by atoms with Gasteiger partial charge < -0.3 is 5.32 Å². The van der Waals surface area contributed by atoms with Crippen LogP contribution in [0.1, 0.15) is 20.8 Å². The molecule has 0 atom stereocenters. The fraction of sp³-hybridized carbons (Fsp3) is 0.278. The van der Waals surface area contributed by atoms with E-state index in [0.717, 1.165) is 25.7 Å². The summed E-state index contributed by atoms with van der Waals surface area (Å²) in [5.74, 6) is 0.0120. The lowest BCUT2D eigenvalue weighted by Crippen LogP contribution is -2.41. The summed E-state index contributed by atoms with van der Waals surface area (Å²) in [5, 5.41) is 3.72. The molecule has 130 valence electrons. The lowest BCUT2D eigenvalue weighted by Gasteiger charge is -2.20. The number of nitrogens with one attached hydrogen (secondary N) is 1. The highest BCUT2D eigenvalue weighted by molar-refractivity contribution is 8.00. The number of fused-ring (bicyclic) bond motifs is 1. The van der Waals surface area contributed by atoms with E-state index in [2.05, 4.69) is 15.3 Å². The topological polar surface area (TPSA) is 54.9 Å². The molecule has 0 radical (unpaired) electrons. The van der Waals surface area contributed by atoms with Crippen molar-refractivity contribution in [2.45, 2.75) is 31.3 Å². The van der Waals surface area contributed by atoms with E-state index in [1.54, 1.807) is 23.5 Å². The van der Waals surface area contributed by atoms with Gasteiger partial charge in [0.15, 0.2) is 0 Å². The second kappa shape index (κ2) is 7.09. The van der Waals surface area contributed by atoms with Crippen molar-refractivity contribution in [1.82, 2.24) is 15.3 Å². The number of rotatable bonds is 4. The average molecular weight is 375 g/mol. The largest absolute Gasteiger partial charge is 0.351 e. The van der Waals surface area contributed by atoms with Crippen LogP contribution in [0.4, 0.5) is 4.39 Å². The number of benzene rings is 1. The standard InChI is InChI=1S/C18H18FN3OS2/c1-18(2,3)22-15(23)9-24-17-16-13(20-10-21-17)8-14(25-16)11-4-6-12(19)7-5-11/h4-8,10H,9H2,1-3H3,(H,22,23). The van der Waals surface area contributed by atoms with E-state index in [1.165, 1.54) is 30.2 Å². The van der Waals surface area contributed by atoms with Crippen LogP contribution >= 0.6 is 23.1 Å². The van der Waals surface area contributed by atoms with Gasteiger partial charge in [0.25, 0.3) is 0 Å². The quantitative estimate of drug-likeness (QED) is 0.539. The Balaban J connectivity index is 1.82. The number of carbonyl (C=O) groups is 1. The highest BCUT2D eigenvalue weighted by Gasteiger charge is 2.16. The van der Waals surface area contributed by atoms with Gasteiger partial charge in [-0.1, -0.05) is 23.9 Å². The molecule has 1 N–H and O–H groups in total. The summed E-state index contributed by atoms with van der Waals surface area (Å²) in [6.45, 7) is 5.85. The predicted molar refractivity (Wildman–Crippen MR) is 101 cm³/mol. The van der Waals surface area contributed by atoms with Crippen molar-refractivity contribution >= 4 is 39.2 Å². The minimum atomic E-state index is -0.259. The first-order valence-electron chi connectivity index (χ1n) is 7.76. The maximum absolute atomic E-state index is 13.1. The maximum atomic E-state index is 13.1. The molecule has 1 amide bonds. The molecule has 0 spiro atoms. The number of aromatic nitrogens is 2. The molecule has 7 heteroatoms. The third kappa shape index (κ3) is 4.55. The molecule has 3 aromatic rings. The van der Waals surface area contributed by atoms with Gasteiger partial charge in [-0.2, -0.15) is 0 Å². The SMILES string of the molecule is CC(C)(C)NC(=O)CSc1ncnc2cc(-c3ccc(F)cc3)sc12. The molecule has 2 aromatic heterocycles. The Kier molecular flexibility index (Phi) is 5.06. The molecule has 0 aliphatic carbocycles. The van der Waals surface area contributed by atoms with Crippen LogP contribution in [-0.2, 0) is 4.79 Å². The first kappa shape index (κ1) is 17.8. The summed E-state index contributed by atoms with van der Waals surface area (Å²) in [7, 11) is 0. The van der Waals surface area contributed by atoms with Crippen LogP contribution in [0.5, 0.6) is 0 Å². The number of carbonyl (C=O) groups excluding carboxylic acids is 1. The van der Waals surface area contributed by atoms with E-state index < -0.39 is 0 Å². The van der Waals surface area contributed by atoms with Gasteiger partial charge in [0.05, 0.1) is 16.0 Å². The monoisotopic (exact) mass is 375 g/mol. The second-order valence-corrected chi connectivity index (χ2v) is 8.61. The molecular weight excluding hydrogens is 357 g/mol. The van der Waals surface area contributed by atoms with Crippen molar-refractivity contribution in [3.63, 3.8) is 0 Å². The highest BCUT2D eigenvalue weighted by Crippen LogP contribution is 2.36. The Bertz CT molecular complexity index is 901. The Labute approximate surface area is 153 Å². The number of thiophene rings is 1. The van der Waals surface area contributed by atoms with Gasteiger partial charge in [0.2, 0.25) is 5.91 Å². The van der Waals surface area contributed by atoms with E-state index in [1.807, 2.05) is 26.8 Å². The third-order valence-electron chi connectivity index (χ3n) is 3.26. The van der Waals surface area contributed by atoms with Gasteiger partial charge in [-0.3, -0.25) is 4.79 Å². The summed E-state index contributed by atoms with van der Waals surface area (Å²) in [6.07, 6.45) is 1.51. The van der Waals surface area contributed by atoms with Crippen molar-refractivity contribution in [1.29, 1.82) is 0 Å². The van der Waals surface area contributed by atoms with Crippen molar-refractivity contribution in [2.75, 3.05) is 5.75 Å². The minimum absolute atomic E-state index is 0.0282. The van der Waals surface area contributed by atoms with Crippen LogP contribution in [0.3, 0.4) is 0 Å². The van der Waals surface area contributed by atoms with E-state index in [0.29, 0.717) is 5.75 Å². The van der Waals surface area contributed by atoms with E-state index >= 15 is 0 Å². The lowest BCUT2D eigenvalue weighted by atomic mass is 10.1. The zero-order chi connectivity index (χ0) is 18.0. The van der Waals surface area contributed by atoms with Gasteiger partial charge in [-0.25, -0.2) is 14.4 Å². The molecule has 0 fully saturated rings. The van der Waals surface area contributed by atoms with Crippen molar-refractivity contribution in [3.8, 4) is 10.4 Å². The molecule has 1 aromatic carbocycles. The highest BCUT2D eigenvalue weighted by atomic mass is 32.2. The van der Waals surface area contributed by atoms with Crippen molar-refractivity contribution in [3.05, 3.63) is 42.5 Å². The fourth-order valence-corrected chi connectivity index (χ4v) is 4.28. The van der Waals surface area contributed by atoms with E-state index in [9.17, 15) is 9.18 Å². The van der Waals surface area contributed by atoms with Crippen LogP contribution < -0.4 is 5.32 Å². The Morgan fingerprint density at radius 1 is 1.24 bits per heavy atom. The normalized spacial score (nSPS) is 11.7. The summed E-state index contributed by atoms with van der Waals surface area (Å²) >= 11 is 2.94. The number of halogens is 1. The molecule has 0 unspecified atom stereocenters. The smallest absolute Gasteiger partial charge is 0.230 e. The molecule has 0 aliphatic rings. The van der Waals surface area contributed by atoms with E-state index in [4.69, 9.17) is 0 Å². The van der Waals surface area contributed by atoms with Crippen LogP contribution in [-0.4, -0.2) is 27.2 Å². The zero-order valence-electron chi connectivity index (χ0n) is 14.2. The zero-order valence-corrected chi connectivity index (χ0v) is 15.8. The first-order chi connectivity index (χ1) is 11.8. The van der Waals surface area contributed by atoms with Gasteiger partial charge in [0, 0.05) is 10.4 Å². The van der Waals surface area contributed by atoms with Crippen LogP contribution in [0.2, 0.25) is 0 Å². The molecular formula is C18H18FN3OS2. The number of hydrogen-bond donors (Lipinski definition) is 1. The second-order valence-electron chi connectivity index (χ2n) is 6.60. The molecule has 0 bridgehead atoms. The summed E-state index contributed by atoms with van der Waals surface area (Å²) in [5.41, 5.74) is 1.51. The van der Waals surface area contributed by atoms with Gasteiger partial charge in [0.1, 0.15) is 17.2 Å². The third-order valence-corrected chi connectivity index (χ3v) is 5.56. The number of hydrogen-bond acceptors (Lipinski definition) is 5. The molecule has 25 heavy (non-hydrogen) atoms.